The summed E-state index contributed by atoms with van der Waals surface area (Å²) in [6.45, 7) is 0. The molecule has 2 rings (SSSR count). The minimum Gasteiger partial charge on any atom is -0.505 e. The van der Waals surface area contributed by atoms with Gasteiger partial charge in [-0.3, -0.25) is 0 Å². The number of halogens is 2. The van der Waals surface area contributed by atoms with E-state index in [2.05, 4.69) is 0 Å². The largest absolute Gasteiger partial charge is 0.505 e. The third-order valence-electron chi connectivity index (χ3n) is 2.14. The van der Waals surface area contributed by atoms with Crippen LogP contribution < -0.4 is 0 Å². The van der Waals surface area contributed by atoms with Gasteiger partial charge >= 0.3 is 0 Å². The number of rotatable bonds is 1. The second-order valence-electron chi connectivity index (χ2n) is 3.12. The highest BCUT2D eigenvalue weighted by molar-refractivity contribution is 5.66. The normalized spacial score (nSPS) is 10.3. The molecule has 0 saturated heterocycles. The third-order valence-corrected chi connectivity index (χ3v) is 2.14. The lowest BCUT2D eigenvalue weighted by Crippen LogP contribution is -1.88. The van der Waals surface area contributed by atoms with Crippen molar-refractivity contribution in [3.63, 3.8) is 0 Å². The van der Waals surface area contributed by atoms with Gasteiger partial charge in [0.15, 0.2) is 11.6 Å². The molecule has 1 nitrogen and oxygen atoms in total. The average molecular weight is 206 g/mol. The predicted octanol–water partition coefficient (Wildman–Crippen LogP) is 3.34. The van der Waals surface area contributed by atoms with E-state index in [0.29, 0.717) is 0 Å². The maximum Gasteiger partial charge on any atom is 0.172 e. The molecule has 3 heteroatoms. The van der Waals surface area contributed by atoms with Crippen molar-refractivity contribution in [1.29, 1.82) is 0 Å². The Bertz CT molecular complexity index is 495. The van der Waals surface area contributed by atoms with E-state index in [4.69, 9.17) is 5.11 Å². The summed E-state index contributed by atoms with van der Waals surface area (Å²) in [5.74, 6) is -1.79. The molecule has 0 unspecified atom stereocenters. The van der Waals surface area contributed by atoms with Gasteiger partial charge < -0.3 is 5.11 Å². The molecular weight excluding hydrogens is 198 g/mol. The first-order valence-electron chi connectivity index (χ1n) is 4.42. The fourth-order valence-electron chi connectivity index (χ4n) is 1.41. The number of phenolic OH excluding ortho intramolecular Hbond substituents is 1. The molecule has 2 aromatic rings. The lowest BCUT2D eigenvalue weighted by atomic mass is 10.0. The molecule has 15 heavy (non-hydrogen) atoms. The van der Waals surface area contributed by atoms with E-state index in [-0.39, 0.29) is 11.1 Å². The molecular formula is C12H8F2O. The zero-order valence-electron chi connectivity index (χ0n) is 7.74. The van der Waals surface area contributed by atoms with Gasteiger partial charge in [-0.05, 0) is 12.1 Å². The van der Waals surface area contributed by atoms with Crippen LogP contribution in [0.2, 0.25) is 0 Å². The first-order valence-corrected chi connectivity index (χ1v) is 4.42. The molecule has 0 aromatic heterocycles. The van der Waals surface area contributed by atoms with Crippen LogP contribution in [0.3, 0.4) is 0 Å². The van der Waals surface area contributed by atoms with Crippen molar-refractivity contribution >= 4 is 0 Å². The zero-order chi connectivity index (χ0) is 10.8. The lowest BCUT2D eigenvalue weighted by molar-refractivity contribution is 0.433. The maximum absolute atomic E-state index is 13.5. The van der Waals surface area contributed by atoms with Crippen molar-refractivity contribution in [2.45, 2.75) is 0 Å². The quantitative estimate of drug-likeness (QED) is 0.758. The Balaban J connectivity index is 2.65. The molecule has 1 N–H and O–H groups in total. The van der Waals surface area contributed by atoms with Crippen molar-refractivity contribution in [2.75, 3.05) is 0 Å². The van der Waals surface area contributed by atoms with E-state index in [1.807, 2.05) is 0 Å². The lowest BCUT2D eigenvalue weighted by Gasteiger charge is -2.05. The summed E-state index contributed by atoms with van der Waals surface area (Å²) < 4.78 is 26.8. The van der Waals surface area contributed by atoms with Crippen LogP contribution in [0.1, 0.15) is 0 Å². The minimum absolute atomic E-state index is 0.0631. The van der Waals surface area contributed by atoms with Crippen molar-refractivity contribution in [1.82, 2.24) is 0 Å². The summed E-state index contributed by atoms with van der Waals surface area (Å²) in [7, 11) is 0. The standard InChI is InChI=1S/C12H8F2O/c13-10-6-2-1-4-8(10)9-5-3-7-11(15)12(9)14/h1-7,15H. The monoisotopic (exact) mass is 206 g/mol. The molecule has 0 heterocycles. The summed E-state index contributed by atoms with van der Waals surface area (Å²) in [6, 6.07) is 9.97. The average Bonchev–Trinajstić information content (AvgIpc) is 2.23. The van der Waals surface area contributed by atoms with E-state index in [0.717, 1.165) is 0 Å². The fourth-order valence-corrected chi connectivity index (χ4v) is 1.41. The Morgan fingerprint density at radius 3 is 2.20 bits per heavy atom. The smallest absolute Gasteiger partial charge is 0.172 e. The van der Waals surface area contributed by atoms with E-state index in [1.54, 1.807) is 6.07 Å². The molecule has 2 aromatic carbocycles. The van der Waals surface area contributed by atoms with E-state index < -0.39 is 17.4 Å². The number of aromatic hydroxyl groups is 1. The van der Waals surface area contributed by atoms with E-state index in [9.17, 15) is 8.78 Å². The Labute approximate surface area is 85.6 Å². The Kier molecular flexibility index (Phi) is 2.37. The number of hydrogen-bond donors (Lipinski definition) is 1. The van der Waals surface area contributed by atoms with E-state index in [1.165, 1.54) is 36.4 Å². The Hall–Kier alpha value is -1.90. The molecule has 76 valence electrons. The van der Waals surface area contributed by atoms with Gasteiger partial charge in [0.1, 0.15) is 5.82 Å². The van der Waals surface area contributed by atoms with Crippen molar-refractivity contribution in [3.05, 3.63) is 54.1 Å². The molecule has 0 bridgehead atoms. The van der Waals surface area contributed by atoms with Crippen LogP contribution in [0.15, 0.2) is 42.5 Å². The van der Waals surface area contributed by atoms with Crippen LogP contribution in [0, 0.1) is 11.6 Å². The van der Waals surface area contributed by atoms with Crippen molar-refractivity contribution in [3.8, 4) is 16.9 Å². The summed E-state index contributed by atoms with van der Waals surface area (Å²) in [5.41, 5.74) is 0.207. The molecule has 0 aliphatic carbocycles. The van der Waals surface area contributed by atoms with E-state index >= 15 is 0 Å². The van der Waals surface area contributed by atoms with Crippen LogP contribution in [-0.4, -0.2) is 5.11 Å². The van der Waals surface area contributed by atoms with Gasteiger partial charge in [-0.15, -0.1) is 0 Å². The molecule has 0 radical (unpaired) electrons. The van der Waals surface area contributed by atoms with Gasteiger partial charge in [-0.1, -0.05) is 30.3 Å². The molecule has 0 saturated carbocycles. The van der Waals surface area contributed by atoms with Gasteiger partial charge in [0, 0.05) is 11.1 Å². The predicted molar refractivity (Wildman–Crippen MR) is 53.5 cm³/mol. The van der Waals surface area contributed by atoms with Gasteiger partial charge in [0.05, 0.1) is 0 Å². The molecule has 0 atom stereocenters. The molecule has 0 amide bonds. The van der Waals surface area contributed by atoms with Gasteiger partial charge in [0.25, 0.3) is 0 Å². The zero-order valence-corrected chi connectivity index (χ0v) is 7.74. The second-order valence-corrected chi connectivity index (χ2v) is 3.12. The number of hydrogen-bond acceptors (Lipinski definition) is 1. The van der Waals surface area contributed by atoms with Crippen LogP contribution in [0.5, 0.6) is 5.75 Å². The van der Waals surface area contributed by atoms with Crippen LogP contribution in [-0.2, 0) is 0 Å². The summed E-state index contributed by atoms with van der Waals surface area (Å²) in [5, 5.41) is 9.15. The molecule has 0 spiro atoms. The Morgan fingerprint density at radius 1 is 0.800 bits per heavy atom. The fraction of sp³-hybridized carbons (Fsp3) is 0. The summed E-state index contributed by atoms with van der Waals surface area (Å²) >= 11 is 0. The summed E-state index contributed by atoms with van der Waals surface area (Å²) in [4.78, 5) is 0. The van der Waals surface area contributed by atoms with Crippen molar-refractivity contribution < 1.29 is 13.9 Å². The maximum atomic E-state index is 13.5. The highest BCUT2D eigenvalue weighted by atomic mass is 19.1. The second kappa shape index (κ2) is 3.69. The third kappa shape index (κ3) is 1.68. The number of phenols is 1. The number of benzene rings is 2. The highest BCUT2D eigenvalue weighted by Crippen LogP contribution is 2.29. The Morgan fingerprint density at radius 2 is 1.47 bits per heavy atom. The molecule has 0 aliphatic rings. The van der Waals surface area contributed by atoms with Gasteiger partial charge in [0.2, 0.25) is 0 Å². The topological polar surface area (TPSA) is 20.2 Å². The first kappa shape index (κ1) is 9.65. The van der Waals surface area contributed by atoms with Gasteiger partial charge in [-0.2, -0.15) is 0 Å². The molecule has 0 fully saturated rings. The molecule has 0 aliphatic heterocycles. The SMILES string of the molecule is Oc1cccc(-c2ccccc2F)c1F. The van der Waals surface area contributed by atoms with Crippen molar-refractivity contribution in [2.24, 2.45) is 0 Å². The summed E-state index contributed by atoms with van der Waals surface area (Å²) in [6.07, 6.45) is 0. The minimum atomic E-state index is -0.803. The van der Waals surface area contributed by atoms with Crippen LogP contribution >= 0.6 is 0 Å². The van der Waals surface area contributed by atoms with Crippen LogP contribution in [0.4, 0.5) is 8.78 Å². The van der Waals surface area contributed by atoms with Crippen LogP contribution in [0.25, 0.3) is 11.1 Å². The van der Waals surface area contributed by atoms with Gasteiger partial charge in [-0.25, -0.2) is 8.78 Å². The first-order chi connectivity index (χ1) is 7.20. The highest BCUT2D eigenvalue weighted by Gasteiger charge is 2.11.